The van der Waals surface area contributed by atoms with Crippen LogP contribution >= 0.6 is 0 Å². The zero-order valence-corrected chi connectivity index (χ0v) is 10.2. The molecule has 0 aromatic carbocycles. The highest BCUT2D eigenvalue weighted by Crippen LogP contribution is 2.13. The van der Waals surface area contributed by atoms with Gasteiger partial charge in [-0.1, -0.05) is 0 Å². The first-order chi connectivity index (χ1) is 6.91. The molecule has 1 aliphatic heterocycles. The van der Waals surface area contributed by atoms with Crippen LogP contribution in [0.2, 0.25) is 0 Å². The lowest BCUT2D eigenvalue weighted by atomic mass is 10.1. The van der Waals surface area contributed by atoms with E-state index in [1.807, 2.05) is 27.8 Å². The van der Waals surface area contributed by atoms with E-state index >= 15 is 0 Å². The van der Waals surface area contributed by atoms with Gasteiger partial charge in [0.2, 0.25) is 5.91 Å². The molecule has 4 heteroatoms. The standard InChI is InChI=1S/C11H22N2O2/c1-11(2,3)13(4)10(14)7-9-8-15-6-5-12-9/h9,12H,5-8H2,1-4H3. The SMILES string of the molecule is CN(C(=O)CC1COCCN1)C(C)(C)C. The van der Waals surface area contributed by atoms with Crippen LogP contribution in [-0.4, -0.2) is 49.2 Å². The lowest BCUT2D eigenvalue weighted by molar-refractivity contribution is -0.135. The van der Waals surface area contributed by atoms with Crippen molar-refractivity contribution in [2.45, 2.75) is 38.8 Å². The molecule has 0 aromatic heterocycles. The number of amides is 1. The molecule has 1 N–H and O–H groups in total. The van der Waals surface area contributed by atoms with Crippen molar-refractivity contribution in [2.24, 2.45) is 0 Å². The molecule has 0 aromatic rings. The highest BCUT2D eigenvalue weighted by Gasteiger charge is 2.25. The summed E-state index contributed by atoms with van der Waals surface area (Å²) in [5.74, 6) is 0.172. The van der Waals surface area contributed by atoms with E-state index in [4.69, 9.17) is 4.74 Å². The summed E-state index contributed by atoms with van der Waals surface area (Å²) < 4.78 is 5.32. The van der Waals surface area contributed by atoms with Gasteiger partial charge in [0.15, 0.2) is 0 Å². The van der Waals surface area contributed by atoms with Crippen molar-refractivity contribution in [2.75, 3.05) is 26.8 Å². The van der Waals surface area contributed by atoms with Gasteiger partial charge >= 0.3 is 0 Å². The van der Waals surface area contributed by atoms with Gasteiger partial charge in [-0.05, 0) is 20.8 Å². The normalized spacial score (nSPS) is 22.5. The second-order valence-electron chi connectivity index (χ2n) is 5.05. The Bertz CT molecular complexity index is 217. The fourth-order valence-corrected chi connectivity index (χ4v) is 1.47. The first-order valence-electron chi connectivity index (χ1n) is 5.49. The monoisotopic (exact) mass is 214 g/mol. The Kier molecular flexibility index (Phi) is 4.11. The summed E-state index contributed by atoms with van der Waals surface area (Å²) in [5, 5.41) is 3.28. The van der Waals surface area contributed by atoms with E-state index in [0.29, 0.717) is 13.0 Å². The molecule has 0 radical (unpaired) electrons. The minimum absolute atomic E-state index is 0.105. The van der Waals surface area contributed by atoms with Gasteiger partial charge < -0.3 is 15.0 Å². The molecular weight excluding hydrogens is 192 g/mol. The van der Waals surface area contributed by atoms with Crippen molar-refractivity contribution in [3.63, 3.8) is 0 Å². The number of rotatable bonds is 2. The second kappa shape index (κ2) is 4.94. The Hall–Kier alpha value is -0.610. The number of hydrogen-bond acceptors (Lipinski definition) is 3. The summed E-state index contributed by atoms with van der Waals surface area (Å²) in [4.78, 5) is 13.7. The summed E-state index contributed by atoms with van der Waals surface area (Å²) in [5.41, 5.74) is -0.105. The van der Waals surface area contributed by atoms with Crippen LogP contribution in [0.5, 0.6) is 0 Å². The second-order valence-corrected chi connectivity index (χ2v) is 5.05. The van der Waals surface area contributed by atoms with Crippen LogP contribution in [0.3, 0.4) is 0 Å². The predicted molar refractivity (Wildman–Crippen MR) is 59.7 cm³/mol. The van der Waals surface area contributed by atoms with E-state index < -0.39 is 0 Å². The largest absolute Gasteiger partial charge is 0.378 e. The summed E-state index contributed by atoms with van der Waals surface area (Å²) in [6.45, 7) is 8.35. The maximum Gasteiger partial charge on any atom is 0.224 e. The van der Waals surface area contributed by atoms with Crippen molar-refractivity contribution in [1.82, 2.24) is 10.2 Å². The molecule has 15 heavy (non-hydrogen) atoms. The summed E-state index contributed by atoms with van der Waals surface area (Å²) in [7, 11) is 1.85. The summed E-state index contributed by atoms with van der Waals surface area (Å²) in [6, 6.07) is 0.177. The lowest BCUT2D eigenvalue weighted by Gasteiger charge is -2.34. The van der Waals surface area contributed by atoms with Gasteiger partial charge in [0.05, 0.1) is 13.2 Å². The first kappa shape index (κ1) is 12.5. The van der Waals surface area contributed by atoms with E-state index in [2.05, 4.69) is 5.32 Å². The minimum atomic E-state index is -0.105. The van der Waals surface area contributed by atoms with Gasteiger partial charge in [0.1, 0.15) is 0 Å². The zero-order valence-electron chi connectivity index (χ0n) is 10.2. The maximum absolute atomic E-state index is 11.9. The molecule has 0 spiro atoms. The van der Waals surface area contributed by atoms with Crippen LogP contribution in [0.4, 0.5) is 0 Å². The first-order valence-corrected chi connectivity index (χ1v) is 5.49. The minimum Gasteiger partial charge on any atom is -0.378 e. The molecule has 88 valence electrons. The fourth-order valence-electron chi connectivity index (χ4n) is 1.47. The average Bonchev–Trinajstić information content (AvgIpc) is 2.16. The van der Waals surface area contributed by atoms with Gasteiger partial charge in [-0.15, -0.1) is 0 Å². The average molecular weight is 214 g/mol. The highest BCUT2D eigenvalue weighted by molar-refractivity contribution is 5.77. The van der Waals surface area contributed by atoms with Crippen LogP contribution in [-0.2, 0) is 9.53 Å². The van der Waals surface area contributed by atoms with Crippen LogP contribution in [0.15, 0.2) is 0 Å². The topological polar surface area (TPSA) is 41.6 Å². The van der Waals surface area contributed by atoms with Crippen molar-refractivity contribution < 1.29 is 9.53 Å². The van der Waals surface area contributed by atoms with Crippen molar-refractivity contribution in [1.29, 1.82) is 0 Å². The van der Waals surface area contributed by atoms with Gasteiger partial charge in [0, 0.05) is 31.6 Å². The predicted octanol–water partition coefficient (Wildman–Crippen LogP) is 0.622. The van der Waals surface area contributed by atoms with Gasteiger partial charge in [-0.25, -0.2) is 0 Å². The quantitative estimate of drug-likeness (QED) is 0.733. The van der Waals surface area contributed by atoms with Gasteiger partial charge in [-0.2, -0.15) is 0 Å². The van der Waals surface area contributed by atoms with Crippen LogP contribution in [0, 0.1) is 0 Å². The molecule has 1 amide bonds. The molecule has 1 fully saturated rings. The number of ether oxygens (including phenoxy) is 1. The Balaban J connectivity index is 2.40. The summed E-state index contributed by atoms with van der Waals surface area (Å²) in [6.07, 6.45) is 0.522. The van der Waals surface area contributed by atoms with E-state index in [1.165, 1.54) is 0 Å². The molecule has 1 aliphatic rings. The Labute approximate surface area is 92.0 Å². The Morgan fingerprint density at radius 3 is 2.67 bits per heavy atom. The van der Waals surface area contributed by atoms with E-state index in [-0.39, 0.29) is 17.5 Å². The van der Waals surface area contributed by atoms with E-state index in [9.17, 15) is 4.79 Å². The number of carbonyl (C=O) groups excluding carboxylic acids is 1. The van der Waals surface area contributed by atoms with E-state index in [1.54, 1.807) is 4.90 Å². The van der Waals surface area contributed by atoms with Gasteiger partial charge in [-0.3, -0.25) is 4.79 Å². The van der Waals surface area contributed by atoms with Crippen molar-refractivity contribution >= 4 is 5.91 Å². The molecule has 0 bridgehead atoms. The van der Waals surface area contributed by atoms with Crippen molar-refractivity contribution in [3.8, 4) is 0 Å². The zero-order chi connectivity index (χ0) is 11.5. The van der Waals surface area contributed by atoms with Gasteiger partial charge in [0.25, 0.3) is 0 Å². The lowest BCUT2D eigenvalue weighted by Crippen LogP contribution is -2.48. The van der Waals surface area contributed by atoms with E-state index in [0.717, 1.165) is 13.2 Å². The van der Waals surface area contributed by atoms with Crippen LogP contribution in [0.25, 0.3) is 0 Å². The van der Waals surface area contributed by atoms with Crippen LogP contribution < -0.4 is 5.32 Å². The third kappa shape index (κ3) is 3.80. The van der Waals surface area contributed by atoms with Crippen LogP contribution in [0.1, 0.15) is 27.2 Å². The third-order valence-electron chi connectivity index (χ3n) is 2.80. The third-order valence-corrected chi connectivity index (χ3v) is 2.80. The Morgan fingerprint density at radius 2 is 2.20 bits per heavy atom. The fraction of sp³-hybridized carbons (Fsp3) is 0.909. The molecule has 1 rings (SSSR count). The maximum atomic E-state index is 11.9. The smallest absolute Gasteiger partial charge is 0.224 e. The molecule has 4 nitrogen and oxygen atoms in total. The highest BCUT2D eigenvalue weighted by atomic mass is 16.5. The molecule has 1 unspecified atom stereocenters. The number of nitrogens with zero attached hydrogens (tertiary/aromatic N) is 1. The Morgan fingerprint density at radius 1 is 1.53 bits per heavy atom. The molecular formula is C11H22N2O2. The molecule has 0 aliphatic carbocycles. The van der Waals surface area contributed by atoms with Crippen molar-refractivity contribution in [3.05, 3.63) is 0 Å². The number of morpholine rings is 1. The molecule has 0 saturated carbocycles. The summed E-state index contributed by atoms with van der Waals surface area (Å²) >= 11 is 0. The molecule has 1 saturated heterocycles. The number of carbonyl (C=O) groups is 1. The molecule has 1 atom stereocenters. The number of nitrogens with one attached hydrogen (secondary N) is 1. The number of hydrogen-bond donors (Lipinski definition) is 1. The molecule has 1 heterocycles.